The number of carbonyl (C=O) groups is 2. The molecule has 0 atom stereocenters. The van der Waals surface area contributed by atoms with Crippen molar-refractivity contribution in [1.29, 1.82) is 0 Å². The zero-order valence-corrected chi connectivity index (χ0v) is 15.8. The molecule has 2 amide bonds. The first-order valence-corrected chi connectivity index (χ1v) is 8.69. The zero-order chi connectivity index (χ0) is 19.1. The number of benzene rings is 2. The van der Waals surface area contributed by atoms with Crippen molar-refractivity contribution < 1.29 is 14.3 Å². The molecule has 2 rings (SSSR count). The number of aryl methyl sites for hydroxylation is 4. The summed E-state index contributed by atoms with van der Waals surface area (Å²) < 4.78 is 5.61. The van der Waals surface area contributed by atoms with Crippen LogP contribution in [0.3, 0.4) is 0 Å². The molecule has 0 aliphatic heterocycles. The van der Waals surface area contributed by atoms with E-state index in [1.165, 1.54) is 0 Å². The molecule has 138 valence electrons. The molecule has 0 unspecified atom stereocenters. The van der Waals surface area contributed by atoms with Crippen molar-refractivity contribution in [3.8, 4) is 5.75 Å². The zero-order valence-electron chi connectivity index (χ0n) is 15.8. The minimum Gasteiger partial charge on any atom is -0.493 e. The van der Waals surface area contributed by atoms with Crippen LogP contribution < -0.4 is 15.4 Å². The SMILES string of the molecule is Cc1cc(C)cc(OCCC(=O)NCC(=O)Nc2c(C)cccc2C)c1. The quantitative estimate of drug-likeness (QED) is 0.800. The minimum absolute atomic E-state index is 0.0594. The second-order valence-electron chi connectivity index (χ2n) is 6.51. The Bertz CT molecular complexity index is 759. The fraction of sp³-hybridized carbons (Fsp3) is 0.333. The predicted molar refractivity (Wildman–Crippen MR) is 104 cm³/mol. The van der Waals surface area contributed by atoms with Crippen LogP contribution in [0.5, 0.6) is 5.75 Å². The standard InChI is InChI=1S/C21H26N2O3/c1-14-10-15(2)12-18(11-14)26-9-8-19(24)22-13-20(25)23-21-16(3)6-5-7-17(21)4/h5-7,10-12H,8-9,13H2,1-4H3,(H,22,24)(H,23,25). The van der Waals surface area contributed by atoms with Crippen LogP contribution in [0.2, 0.25) is 0 Å². The van der Waals surface area contributed by atoms with Gasteiger partial charge in [-0.25, -0.2) is 0 Å². The summed E-state index contributed by atoms with van der Waals surface area (Å²) in [7, 11) is 0. The molecule has 0 aliphatic carbocycles. The van der Waals surface area contributed by atoms with Crippen LogP contribution in [-0.4, -0.2) is 25.0 Å². The van der Waals surface area contributed by atoms with Crippen molar-refractivity contribution >= 4 is 17.5 Å². The Labute approximate surface area is 154 Å². The monoisotopic (exact) mass is 354 g/mol. The number of hydrogen-bond donors (Lipinski definition) is 2. The molecule has 2 aromatic carbocycles. The van der Waals surface area contributed by atoms with E-state index in [1.54, 1.807) is 0 Å². The summed E-state index contributed by atoms with van der Waals surface area (Å²) in [6.07, 6.45) is 0.198. The van der Waals surface area contributed by atoms with Crippen molar-refractivity contribution in [2.45, 2.75) is 34.1 Å². The summed E-state index contributed by atoms with van der Waals surface area (Å²) in [4.78, 5) is 23.9. The summed E-state index contributed by atoms with van der Waals surface area (Å²) >= 11 is 0. The van der Waals surface area contributed by atoms with E-state index in [0.29, 0.717) is 0 Å². The topological polar surface area (TPSA) is 67.4 Å². The van der Waals surface area contributed by atoms with Crippen LogP contribution in [0.4, 0.5) is 5.69 Å². The summed E-state index contributed by atoms with van der Waals surface area (Å²) in [5.74, 6) is 0.292. The normalized spacial score (nSPS) is 10.3. The van der Waals surface area contributed by atoms with E-state index in [0.717, 1.165) is 33.7 Å². The van der Waals surface area contributed by atoms with Crippen molar-refractivity contribution in [3.05, 3.63) is 58.7 Å². The van der Waals surface area contributed by atoms with Crippen LogP contribution in [-0.2, 0) is 9.59 Å². The maximum absolute atomic E-state index is 12.0. The highest BCUT2D eigenvalue weighted by Gasteiger charge is 2.09. The Morgan fingerprint density at radius 2 is 1.54 bits per heavy atom. The van der Waals surface area contributed by atoms with Crippen LogP contribution in [0.15, 0.2) is 36.4 Å². The molecule has 5 heteroatoms. The Hall–Kier alpha value is -2.82. The smallest absolute Gasteiger partial charge is 0.243 e. The second kappa shape index (κ2) is 9.04. The molecule has 2 aromatic rings. The van der Waals surface area contributed by atoms with Crippen molar-refractivity contribution in [3.63, 3.8) is 0 Å². The number of hydrogen-bond acceptors (Lipinski definition) is 3. The average Bonchev–Trinajstić information content (AvgIpc) is 2.55. The highest BCUT2D eigenvalue weighted by atomic mass is 16.5. The molecule has 0 heterocycles. The number of nitrogens with one attached hydrogen (secondary N) is 2. The maximum atomic E-state index is 12.0. The minimum atomic E-state index is -0.244. The van der Waals surface area contributed by atoms with Gasteiger partial charge in [0.25, 0.3) is 0 Å². The van der Waals surface area contributed by atoms with Gasteiger partial charge in [0.05, 0.1) is 19.6 Å². The first-order valence-electron chi connectivity index (χ1n) is 8.69. The molecule has 0 saturated carbocycles. The van der Waals surface area contributed by atoms with Gasteiger partial charge in [0, 0.05) is 5.69 Å². The maximum Gasteiger partial charge on any atom is 0.243 e. The summed E-state index contributed by atoms with van der Waals surface area (Å²) in [6.45, 7) is 8.09. The third kappa shape index (κ3) is 5.92. The summed E-state index contributed by atoms with van der Waals surface area (Å²) in [5, 5.41) is 5.46. The van der Waals surface area contributed by atoms with Gasteiger partial charge in [0.2, 0.25) is 11.8 Å². The molecule has 0 aliphatic rings. The van der Waals surface area contributed by atoms with Gasteiger partial charge in [-0.3, -0.25) is 9.59 Å². The number of ether oxygens (including phenoxy) is 1. The highest BCUT2D eigenvalue weighted by Crippen LogP contribution is 2.19. The molecule has 0 spiro atoms. The van der Waals surface area contributed by atoms with E-state index in [1.807, 2.05) is 58.0 Å². The number of carbonyl (C=O) groups excluding carboxylic acids is 2. The van der Waals surface area contributed by atoms with Crippen molar-refractivity contribution in [2.24, 2.45) is 0 Å². The van der Waals surface area contributed by atoms with Crippen LogP contribution in [0, 0.1) is 27.7 Å². The van der Waals surface area contributed by atoms with E-state index >= 15 is 0 Å². The van der Waals surface area contributed by atoms with Gasteiger partial charge < -0.3 is 15.4 Å². The largest absolute Gasteiger partial charge is 0.493 e. The predicted octanol–water partition coefficient (Wildman–Crippen LogP) is 3.44. The van der Waals surface area contributed by atoms with E-state index in [2.05, 4.69) is 16.7 Å². The molecular weight excluding hydrogens is 328 g/mol. The molecule has 0 aromatic heterocycles. The fourth-order valence-corrected chi connectivity index (χ4v) is 2.74. The summed E-state index contributed by atoms with van der Waals surface area (Å²) in [5.41, 5.74) is 5.02. The second-order valence-corrected chi connectivity index (χ2v) is 6.51. The van der Waals surface area contributed by atoms with Gasteiger partial charge in [0.1, 0.15) is 5.75 Å². The molecule has 26 heavy (non-hydrogen) atoms. The lowest BCUT2D eigenvalue weighted by Gasteiger charge is -2.12. The molecule has 2 N–H and O–H groups in total. The fourth-order valence-electron chi connectivity index (χ4n) is 2.74. The molecule has 0 fully saturated rings. The number of para-hydroxylation sites is 1. The van der Waals surface area contributed by atoms with Gasteiger partial charge in [-0.15, -0.1) is 0 Å². The van der Waals surface area contributed by atoms with Crippen LogP contribution in [0.1, 0.15) is 28.7 Å². The van der Waals surface area contributed by atoms with E-state index in [9.17, 15) is 9.59 Å². The van der Waals surface area contributed by atoms with Gasteiger partial charge in [0.15, 0.2) is 0 Å². The lowest BCUT2D eigenvalue weighted by molar-refractivity contribution is -0.124. The number of amides is 2. The Kier molecular flexibility index (Phi) is 6.78. The number of rotatable bonds is 7. The molecule has 5 nitrogen and oxygen atoms in total. The summed E-state index contributed by atoms with van der Waals surface area (Å²) in [6, 6.07) is 11.7. The number of anilines is 1. The Morgan fingerprint density at radius 3 is 2.15 bits per heavy atom. The van der Waals surface area contributed by atoms with Gasteiger partial charge in [-0.05, 0) is 62.1 Å². The first kappa shape index (κ1) is 19.5. The van der Waals surface area contributed by atoms with E-state index < -0.39 is 0 Å². The van der Waals surface area contributed by atoms with Gasteiger partial charge in [-0.2, -0.15) is 0 Å². The first-order chi connectivity index (χ1) is 12.3. The van der Waals surface area contributed by atoms with E-state index in [-0.39, 0.29) is 31.4 Å². The molecule has 0 bridgehead atoms. The van der Waals surface area contributed by atoms with Crippen molar-refractivity contribution in [2.75, 3.05) is 18.5 Å². The lowest BCUT2D eigenvalue weighted by Crippen LogP contribution is -2.33. The van der Waals surface area contributed by atoms with Gasteiger partial charge >= 0.3 is 0 Å². The Balaban J connectivity index is 1.73. The van der Waals surface area contributed by atoms with Gasteiger partial charge in [-0.1, -0.05) is 24.3 Å². The van der Waals surface area contributed by atoms with Crippen molar-refractivity contribution in [1.82, 2.24) is 5.32 Å². The third-order valence-corrected chi connectivity index (χ3v) is 3.98. The van der Waals surface area contributed by atoms with E-state index in [4.69, 9.17) is 4.74 Å². The highest BCUT2D eigenvalue weighted by molar-refractivity contribution is 5.95. The lowest BCUT2D eigenvalue weighted by atomic mass is 10.1. The van der Waals surface area contributed by atoms with Crippen LogP contribution in [0.25, 0.3) is 0 Å². The molecule has 0 saturated heterocycles. The Morgan fingerprint density at radius 1 is 0.923 bits per heavy atom. The molecule has 0 radical (unpaired) electrons. The third-order valence-electron chi connectivity index (χ3n) is 3.98. The van der Waals surface area contributed by atoms with Crippen LogP contribution >= 0.6 is 0 Å². The molecular formula is C21H26N2O3. The average molecular weight is 354 g/mol.